The van der Waals surface area contributed by atoms with Crippen molar-refractivity contribution in [3.8, 4) is 11.3 Å². The first kappa shape index (κ1) is 17.9. The highest BCUT2D eigenvalue weighted by molar-refractivity contribution is 6.05. The molecule has 5 heteroatoms. The molecule has 1 aromatic heterocycles. The number of hydrogen-bond donors (Lipinski definition) is 1. The van der Waals surface area contributed by atoms with Gasteiger partial charge in [0.15, 0.2) is 11.0 Å². The zero-order valence-corrected chi connectivity index (χ0v) is 15.0. The predicted octanol–water partition coefficient (Wildman–Crippen LogP) is 3.53. The first-order valence-corrected chi connectivity index (χ1v) is 8.44. The van der Waals surface area contributed by atoms with Gasteiger partial charge in [0.25, 0.3) is 5.91 Å². The predicted molar refractivity (Wildman–Crippen MR) is 101 cm³/mol. The lowest BCUT2D eigenvalue weighted by molar-refractivity contribution is 0.0906. The third-order valence-corrected chi connectivity index (χ3v) is 4.22. The first-order chi connectivity index (χ1) is 12.5. The van der Waals surface area contributed by atoms with E-state index < -0.39 is 0 Å². The minimum absolute atomic E-state index is 0.135. The lowest BCUT2D eigenvalue weighted by Crippen LogP contribution is -2.35. The highest BCUT2D eigenvalue weighted by Gasteiger charge is 2.19. The molecule has 1 atom stereocenters. The van der Waals surface area contributed by atoms with Gasteiger partial charge >= 0.3 is 0 Å². The van der Waals surface area contributed by atoms with Crippen molar-refractivity contribution in [3.63, 3.8) is 0 Å². The van der Waals surface area contributed by atoms with Crippen LogP contribution in [0.1, 0.15) is 22.8 Å². The van der Waals surface area contributed by atoms with Crippen molar-refractivity contribution in [3.05, 3.63) is 69.9 Å². The molecule has 0 fully saturated rings. The Labute approximate surface area is 151 Å². The van der Waals surface area contributed by atoms with Crippen LogP contribution >= 0.6 is 0 Å². The van der Waals surface area contributed by atoms with Gasteiger partial charge in [0.1, 0.15) is 5.76 Å². The van der Waals surface area contributed by atoms with E-state index in [2.05, 4.69) is 5.32 Å². The lowest BCUT2D eigenvalue weighted by atomic mass is 10.0. The molecule has 134 valence electrons. The number of carbonyl (C=O) groups excluding carboxylic acids is 1. The topological polar surface area (TPSA) is 68.5 Å². The molecule has 0 bridgehead atoms. The van der Waals surface area contributed by atoms with Crippen LogP contribution < -0.4 is 10.7 Å². The molecule has 3 aromatic rings. The van der Waals surface area contributed by atoms with Crippen LogP contribution in [0.25, 0.3) is 22.3 Å². The second-order valence-electron chi connectivity index (χ2n) is 6.26. The van der Waals surface area contributed by atoms with E-state index in [1.54, 1.807) is 32.2 Å². The van der Waals surface area contributed by atoms with Crippen LogP contribution in [-0.4, -0.2) is 25.7 Å². The number of nitrogens with one attached hydrogen (secondary N) is 1. The zero-order valence-electron chi connectivity index (χ0n) is 15.0. The highest BCUT2D eigenvalue weighted by atomic mass is 16.5. The van der Waals surface area contributed by atoms with E-state index in [4.69, 9.17) is 9.15 Å². The molecule has 0 aliphatic heterocycles. The molecule has 0 spiro atoms. The summed E-state index contributed by atoms with van der Waals surface area (Å²) in [4.78, 5) is 25.5. The molecule has 5 nitrogen and oxygen atoms in total. The Hall–Kier alpha value is -2.92. The Morgan fingerprint density at radius 3 is 2.58 bits per heavy atom. The Kier molecular flexibility index (Phi) is 5.19. The maximum atomic E-state index is 12.8. The molecule has 26 heavy (non-hydrogen) atoms. The Morgan fingerprint density at radius 2 is 1.88 bits per heavy atom. The van der Waals surface area contributed by atoms with Crippen molar-refractivity contribution in [1.29, 1.82) is 0 Å². The number of fused-ring (bicyclic) bond motifs is 1. The van der Waals surface area contributed by atoms with Crippen LogP contribution in [0, 0.1) is 6.92 Å². The first-order valence-electron chi connectivity index (χ1n) is 8.44. The van der Waals surface area contributed by atoms with E-state index in [1.807, 2.05) is 37.3 Å². The number of ether oxygens (including phenoxy) is 1. The van der Waals surface area contributed by atoms with Gasteiger partial charge < -0.3 is 14.5 Å². The van der Waals surface area contributed by atoms with Gasteiger partial charge in [-0.05, 0) is 26.0 Å². The molecule has 1 heterocycles. The summed E-state index contributed by atoms with van der Waals surface area (Å²) in [5.41, 5.74) is 1.81. The van der Waals surface area contributed by atoms with Gasteiger partial charge in [-0.25, -0.2) is 0 Å². The van der Waals surface area contributed by atoms with Crippen LogP contribution in [-0.2, 0) is 4.74 Å². The third kappa shape index (κ3) is 3.39. The summed E-state index contributed by atoms with van der Waals surface area (Å²) >= 11 is 0. The van der Waals surface area contributed by atoms with Gasteiger partial charge in [-0.2, -0.15) is 0 Å². The maximum absolute atomic E-state index is 12.8. The summed E-state index contributed by atoms with van der Waals surface area (Å²) in [5.74, 6) is 0.180. The van der Waals surface area contributed by atoms with E-state index in [-0.39, 0.29) is 17.4 Å². The summed E-state index contributed by atoms with van der Waals surface area (Å²) in [6, 6.07) is 14.3. The average molecular weight is 351 g/mol. The Bertz CT molecular complexity index is 992. The summed E-state index contributed by atoms with van der Waals surface area (Å²) in [6.45, 7) is 3.98. The van der Waals surface area contributed by atoms with E-state index in [1.165, 1.54) is 0 Å². The summed E-state index contributed by atoms with van der Waals surface area (Å²) in [5, 5.41) is 3.25. The van der Waals surface area contributed by atoms with Gasteiger partial charge in [0, 0.05) is 24.3 Å². The molecule has 1 N–H and O–H groups in total. The molecular weight excluding hydrogens is 330 g/mol. The molecule has 0 unspecified atom stereocenters. The Morgan fingerprint density at radius 1 is 1.15 bits per heavy atom. The van der Waals surface area contributed by atoms with E-state index in [0.717, 1.165) is 5.56 Å². The molecule has 0 saturated carbocycles. The Balaban J connectivity index is 2.16. The quantitative estimate of drug-likeness (QED) is 0.763. The van der Waals surface area contributed by atoms with Crippen molar-refractivity contribution in [2.75, 3.05) is 13.7 Å². The average Bonchev–Trinajstić information content (AvgIpc) is 2.65. The number of carbonyl (C=O) groups is 1. The van der Waals surface area contributed by atoms with Crippen molar-refractivity contribution in [2.45, 2.75) is 19.9 Å². The molecular formula is C21H21NO4. The van der Waals surface area contributed by atoms with Gasteiger partial charge in [0.2, 0.25) is 0 Å². The lowest BCUT2D eigenvalue weighted by Gasteiger charge is -2.14. The fraction of sp³-hybridized carbons (Fsp3) is 0.238. The van der Waals surface area contributed by atoms with Crippen molar-refractivity contribution < 1.29 is 13.9 Å². The molecule has 1 amide bonds. The molecule has 2 aromatic carbocycles. The van der Waals surface area contributed by atoms with E-state index in [9.17, 15) is 9.59 Å². The van der Waals surface area contributed by atoms with Crippen LogP contribution in [0.2, 0.25) is 0 Å². The van der Waals surface area contributed by atoms with Crippen LogP contribution in [0.15, 0.2) is 57.7 Å². The second-order valence-corrected chi connectivity index (χ2v) is 6.26. The largest absolute Gasteiger partial charge is 0.455 e. The number of benzene rings is 2. The number of para-hydroxylation sites is 1. The van der Waals surface area contributed by atoms with Crippen molar-refractivity contribution >= 4 is 16.9 Å². The smallest absolute Gasteiger partial charge is 0.255 e. The number of rotatable bonds is 5. The maximum Gasteiger partial charge on any atom is 0.255 e. The van der Waals surface area contributed by atoms with Crippen molar-refractivity contribution in [2.24, 2.45) is 0 Å². The summed E-state index contributed by atoms with van der Waals surface area (Å²) < 4.78 is 11.1. The monoisotopic (exact) mass is 351 g/mol. The fourth-order valence-electron chi connectivity index (χ4n) is 2.95. The summed E-state index contributed by atoms with van der Waals surface area (Å²) in [7, 11) is 1.58. The fourth-order valence-corrected chi connectivity index (χ4v) is 2.95. The minimum atomic E-state index is -0.300. The van der Waals surface area contributed by atoms with Gasteiger partial charge in [-0.15, -0.1) is 0 Å². The van der Waals surface area contributed by atoms with E-state index >= 15 is 0 Å². The minimum Gasteiger partial charge on any atom is -0.455 e. The van der Waals surface area contributed by atoms with Gasteiger partial charge in [-0.1, -0.05) is 36.4 Å². The van der Waals surface area contributed by atoms with Gasteiger partial charge in [0.05, 0.1) is 17.6 Å². The molecule has 0 aliphatic rings. The van der Waals surface area contributed by atoms with Crippen LogP contribution in [0.3, 0.4) is 0 Å². The normalized spacial score (nSPS) is 12.1. The van der Waals surface area contributed by atoms with Crippen LogP contribution in [0.4, 0.5) is 0 Å². The molecule has 0 radical (unpaired) electrons. The second kappa shape index (κ2) is 7.54. The number of methoxy groups -OCH3 is 1. The zero-order chi connectivity index (χ0) is 18.7. The molecule has 0 saturated heterocycles. The summed E-state index contributed by atoms with van der Waals surface area (Å²) in [6.07, 6.45) is 0. The number of hydrogen-bond acceptors (Lipinski definition) is 4. The standard InChI is InChI=1S/C21H21NO4/c1-13(12-25-3)22-21(24)17-11-7-10-16-18(23)14(2)19(26-20(16)17)15-8-5-4-6-9-15/h4-11,13H,12H2,1-3H3,(H,22,24)/t13-/m1/s1. The van der Waals surface area contributed by atoms with Crippen LogP contribution in [0.5, 0.6) is 0 Å². The SMILES string of the molecule is COC[C@@H](C)NC(=O)c1cccc2c(=O)c(C)c(-c3ccccc3)oc12. The molecule has 0 aliphatic carbocycles. The van der Waals surface area contributed by atoms with E-state index in [0.29, 0.717) is 34.5 Å². The van der Waals surface area contributed by atoms with Crippen molar-refractivity contribution in [1.82, 2.24) is 5.32 Å². The van der Waals surface area contributed by atoms with Gasteiger partial charge in [-0.3, -0.25) is 9.59 Å². The molecule has 3 rings (SSSR count). The number of amides is 1. The highest BCUT2D eigenvalue weighted by Crippen LogP contribution is 2.27. The third-order valence-electron chi connectivity index (χ3n) is 4.22.